The number of ether oxygens (including phenoxy) is 3. The molecule has 164 valence electrons. The predicted molar refractivity (Wildman–Crippen MR) is 117 cm³/mol. The highest BCUT2D eigenvalue weighted by Crippen LogP contribution is 2.21. The molecule has 0 aromatic heterocycles. The Bertz CT molecular complexity index is 921. The molecule has 2 aromatic carbocycles. The van der Waals surface area contributed by atoms with Crippen molar-refractivity contribution in [1.29, 1.82) is 0 Å². The maximum Gasteiger partial charge on any atom is 0.349 e. The Hall–Kier alpha value is -2.74. The molecule has 0 radical (unpaired) electrons. The number of hydrogen-bond donors (Lipinski definition) is 1. The number of sulfonamides is 1. The normalized spacial score (nSPS) is 11.6. The second-order valence-corrected chi connectivity index (χ2v) is 9.08. The van der Waals surface area contributed by atoms with E-state index in [2.05, 4.69) is 4.72 Å². The van der Waals surface area contributed by atoms with Crippen molar-refractivity contribution in [2.24, 2.45) is 0 Å². The number of hydrogen-bond acceptors (Lipinski definition) is 6. The fourth-order valence-electron chi connectivity index (χ4n) is 2.66. The molecule has 8 heteroatoms. The molecule has 2 aromatic rings. The van der Waals surface area contributed by atoms with Gasteiger partial charge in [0.25, 0.3) is 0 Å². The van der Waals surface area contributed by atoms with Crippen LogP contribution < -0.4 is 14.2 Å². The van der Waals surface area contributed by atoms with Crippen LogP contribution in [0.1, 0.15) is 32.8 Å². The smallest absolute Gasteiger partial charge is 0.349 e. The van der Waals surface area contributed by atoms with Gasteiger partial charge in [-0.05, 0) is 75.6 Å². The summed E-state index contributed by atoms with van der Waals surface area (Å²) < 4.78 is 41.3. The Morgan fingerprint density at radius 3 is 2.17 bits per heavy atom. The van der Waals surface area contributed by atoms with Gasteiger partial charge in [0, 0.05) is 5.69 Å². The molecule has 30 heavy (non-hydrogen) atoms. The Labute approximate surface area is 178 Å². The summed E-state index contributed by atoms with van der Waals surface area (Å²) >= 11 is 0. The molecule has 0 heterocycles. The summed E-state index contributed by atoms with van der Waals surface area (Å²) in [5, 5.41) is 0. The minimum Gasteiger partial charge on any atom is -0.494 e. The van der Waals surface area contributed by atoms with E-state index >= 15 is 0 Å². The second-order valence-electron chi connectivity index (χ2n) is 7.33. The molecule has 0 fully saturated rings. The van der Waals surface area contributed by atoms with Gasteiger partial charge >= 0.3 is 5.97 Å². The maximum absolute atomic E-state index is 11.9. The molecular weight excluding hydrogens is 406 g/mol. The molecule has 0 saturated carbocycles. The van der Waals surface area contributed by atoms with Crippen LogP contribution in [0.3, 0.4) is 0 Å². The molecule has 0 bridgehead atoms. The number of nitrogens with one attached hydrogen (secondary N) is 1. The molecule has 0 saturated heterocycles. The summed E-state index contributed by atoms with van der Waals surface area (Å²) in [6.07, 6.45) is 2.75. The van der Waals surface area contributed by atoms with Crippen LogP contribution in [0, 0.1) is 0 Å². The van der Waals surface area contributed by atoms with Gasteiger partial charge < -0.3 is 14.2 Å². The van der Waals surface area contributed by atoms with E-state index in [1.807, 2.05) is 24.3 Å². The third-order valence-electron chi connectivity index (χ3n) is 4.10. The summed E-state index contributed by atoms with van der Waals surface area (Å²) in [6, 6.07) is 14.4. The van der Waals surface area contributed by atoms with Crippen molar-refractivity contribution in [3.05, 3.63) is 54.1 Å². The van der Waals surface area contributed by atoms with Gasteiger partial charge in [0.05, 0.1) is 19.5 Å². The van der Waals surface area contributed by atoms with Crippen LogP contribution in [0.4, 0.5) is 5.69 Å². The number of carbonyl (C=O) groups is 1. The van der Waals surface area contributed by atoms with Gasteiger partial charge in [-0.1, -0.05) is 12.1 Å². The molecular formula is C22H29NO6S. The van der Waals surface area contributed by atoms with Crippen LogP contribution in [0.25, 0.3) is 0 Å². The molecule has 2 rings (SSSR count). The highest BCUT2D eigenvalue weighted by Gasteiger charge is 2.31. The fraction of sp³-hybridized carbons (Fsp3) is 0.409. The zero-order valence-corrected chi connectivity index (χ0v) is 18.6. The van der Waals surface area contributed by atoms with E-state index in [1.165, 1.54) is 0 Å². The van der Waals surface area contributed by atoms with Crippen LogP contribution >= 0.6 is 0 Å². The minimum atomic E-state index is -3.28. The number of benzene rings is 2. The average molecular weight is 436 g/mol. The van der Waals surface area contributed by atoms with Gasteiger partial charge in [0.15, 0.2) is 5.60 Å². The summed E-state index contributed by atoms with van der Waals surface area (Å²) in [5.41, 5.74) is 0.587. The number of esters is 1. The van der Waals surface area contributed by atoms with Crippen molar-refractivity contribution >= 4 is 21.7 Å². The lowest BCUT2D eigenvalue weighted by Gasteiger charge is -2.24. The molecule has 0 atom stereocenters. The monoisotopic (exact) mass is 435 g/mol. The van der Waals surface area contributed by atoms with E-state index < -0.39 is 21.6 Å². The molecule has 0 aliphatic heterocycles. The summed E-state index contributed by atoms with van der Waals surface area (Å²) in [7, 11) is -3.28. The Balaban J connectivity index is 1.77. The first-order valence-electron chi connectivity index (χ1n) is 9.75. The quantitative estimate of drug-likeness (QED) is 0.427. The first kappa shape index (κ1) is 23.5. The Kier molecular flexibility index (Phi) is 8.11. The van der Waals surface area contributed by atoms with Crippen molar-refractivity contribution in [2.45, 2.75) is 39.2 Å². The molecule has 1 N–H and O–H groups in total. The highest BCUT2D eigenvalue weighted by molar-refractivity contribution is 7.92. The Morgan fingerprint density at radius 2 is 1.60 bits per heavy atom. The third kappa shape index (κ3) is 7.94. The molecule has 0 amide bonds. The lowest BCUT2D eigenvalue weighted by atomic mass is 10.1. The predicted octanol–water partition coefficient (Wildman–Crippen LogP) is 3.79. The average Bonchev–Trinajstić information content (AvgIpc) is 2.66. The largest absolute Gasteiger partial charge is 0.494 e. The maximum atomic E-state index is 11.9. The van der Waals surface area contributed by atoms with E-state index in [9.17, 15) is 13.2 Å². The zero-order valence-electron chi connectivity index (χ0n) is 17.8. The molecule has 0 unspecified atom stereocenters. The minimum absolute atomic E-state index is 0.314. The lowest BCUT2D eigenvalue weighted by molar-refractivity contribution is -0.158. The van der Waals surface area contributed by atoms with E-state index in [4.69, 9.17) is 14.2 Å². The van der Waals surface area contributed by atoms with Crippen LogP contribution in [0.2, 0.25) is 0 Å². The standard InChI is InChI=1S/C22H29NO6S/c1-5-27-21(24)22(2,3)29-20-12-8-17(9-13-20)7-6-16-28-19-14-10-18(11-15-19)23-30(4,25)26/h8-15,23H,5-7,16H2,1-4H3. The summed E-state index contributed by atoms with van der Waals surface area (Å²) in [4.78, 5) is 11.9. The molecule has 0 aliphatic carbocycles. The highest BCUT2D eigenvalue weighted by atomic mass is 32.2. The van der Waals surface area contributed by atoms with Crippen LogP contribution in [0.5, 0.6) is 11.5 Å². The van der Waals surface area contributed by atoms with Gasteiger partial charge in [-0.2, -0.15) is 0 Å². The van der Waals surface area contributed by atoms with Crippen molar-refractivity contribution in [2.75, 3.05) is 24.2 Å². The zero-order chi connectivity index (χ0) is 22.2. The first-order valence-corrected chi connectivity index (χ1v) is 11.6. The van der Waals surface area contributed by atoms with Gasteiger partial charge in [0.2, 0.25) is 10.0 Å². The van der Waals surface area contributed by atoms with Crippen LogP contribution in [0.15, 0.2) is 48.5 Å². The van der Waals surface area contributed by atoms with Gasteiger partial charge in [0.1, 0.15) is 11.5 Å². The SMILES string of the molecule is CCOC(=O)C(C)(C)Oc1ccc(CCCOc2ccc(NS(C)(=O)=O)cc2)cc1. The lowest BCUT2D eigenvalue weighted by Crippen LogP contribution is -2.39. The number of anilines is 1. The number of rotatable bonds is 11. The van der Waals surface area contributed by atoms with E-state index in [-0.39, 0.29) is 0 Å². The molecule has 0 aliphatic rings. The molecule has 7 nitrogen and oxygen atoms in total. The first-order chi connectivity index (χ1) is 14.1. The van der Waals surface area contributed by atoms with Gasteiger partial charge in [-0.25, -0.2) is 13.2 Å². The van der Waals surface area contributed by atoms with Crippen molar-refractivity contribution in [1.82, 2.24) is 0 Å². The van der Waals surface area contributed by atoms with Crippen molar-refractivity contribution < 1.29 is 27.4 Å². The van der Waals surface area contributed by atoms with E-state index in [0.717, 1.165) is 24.7 Å². The fourth-order valence-corrected chi connectivity index (χ4v) is 3.23. The number of carbonyl (C=O) groups excluding carboxylic acids is 1. The second kappa shape index (κ2) is 10.3. The molecule has 0 spiro atoms. The summed E-state index contributed by atoms with van der Waals surface area (Å²) in [5.74, 6) is 0.890. The Morgan fingerprint density at radius 1 is 1.00 bits per heavy atom. The van der Waals surface area contributed by atoms with Crippen molar-refractivity contribution in [3.8, 4) is 11.5 Å². The van der Waals surface area contributed by atoms with Gasteiger partial charge in [-0.3, -0.25) is 4.72 Å². The summed E-state index contributed by atoms with van der Waals surface area (Å²) in [6.45, 7) is 5.97. The third-order valence-corrected chi connectivity index (χ3v) is 4.71. The van der Waals surface area contributed by atoms with Crippen LogP contribution in [-0.4, -0.2) is 39.5 Å². The van der Waals surface area contributed by atoms with Crippen molar-refractivity contribution in [3.63, 3.8) is 0 Å². The van der Waals surface area contributed by atoms with Gasteiger partial charge in [-0.15, -0.1) is 0 Å². The topological polar surface area (TPSA) is 90.9 Å². The number of aryl methyl sites for hydroxylation is 1. The van der Waals surface area contributed by atoms with E-state index in [1.54, 1.807) is 45.0 Å². The van der Waals surface area contributed by atoms with E-state index in [0.29, 0.717) is 30.4 Å². The van der Waals surface area contributed by atoms with Crippen LogP contribution in [-0.2, 0) is 26.0 Å².